The van der Waals surface area contributed by atoms with E-state index in [1.807, 2.05) is 13.8 Å². The van der Waals surface area contributed by atoms with Gasteiger partial charge in [-0.2, -0.15) is 8.78 Å². The van der Waals surface area contributed by atoms with Gasteiger partial charge < -0.3 is 20.5 Å². The van der Waals surface area contributed by atoms with Gasteiger partial charge in [0.25, 0.3) is 0 Å². The van der Waals surface area contributed by atoms with Crippen molar-refractivity contribution in [1.82, 2.24) is 5.32 Å². The lowest BCUT2D eigenvalue weighted by Gasteiger charge is -2.14. The third-order valence-electron chi connectivity index (χ3n) is 2.66. The van der Waals surface area contributed by atoms with Crippen molar-refractivity contribution in [2.24, 2.45) is 10.7 Å². The lowest BCUT2D eigenvalue weighted by Crippen LogP contribution is -2.40. The second kappa shape index (κ2) is 10.5. The highest BCUT2D eigenvalue weighted by Gasteiger charge is 2.10. The van der Waals surface area contributed by atoms with E-state index in [9.17, 15) is 8.78 Å². The van der Waals surface area contributed by atoms with Crippen LogP contribution in [0.25, 0.3) is 0 Å². The molecule has 5 nitrogen and oxygen atoms in total. The molecule has 0 aliphatic carbocycles. The van der Waals surface area contributed by atoms with Crippen LogP contribution in [0.15, 0.2) is 23.2 Å². The molecular formula is C14H22F2IN3O2. The second-order valence-corrected chi connectivity index (χ2v) is 4.69. The van der Waals surface area contributed by atoms with Crippen LogP contribution in [0, 0.1) is 6.92 Å². The zero-order chi connectivity index (χ0) is 15.8. The minimum atomic E-state index is -2.87. The Morgan fingerprint density at radius 1 is 1.41 bits per heavy atom. The highest BCUT2D eigenvalue weighted by Crippen LogP contribution is 2.22. The predicted molar refractivity (Wildman–Crippen MR) is 93.0 cm³/mol. The number of aliphatic imine (C=N–C) groups is 1. The van der Waals surface area contributed by atoms with Gasteiger partial charge in [0, 0.05) is 18.7 Å². The molecule has 0 bridgehead atoms. The Balaban J connectivity index is 0.00000441. The standard InChI is InChI=1S/C14H21F2N3O2.HI/c1-9-4-5-12(21-13(15)16)11(6-9)7-18-14(17)19-10(2)8-20-3;/h4-6,10,13H,7-8H2,1-3H3,(H3,17,18,19);1H. The Morgan fingerprint density at radius 3 is 2.68 bits per heavy atom. The quantitative estimate of drug-likeness (QED) is 0.398. The number of ether oxygens (including phenoxy) is 2. The number of halogens is 3. The maximum atomic E-state index is 12.3. The smallest absolute Gasteiger partial charge is 0.387 e. The van der Waals surface area contributed by atoms with Crippen LogP contribution in [0.4, 0.5) is 8.78 Å². The van der Waals surface area contributed by atoms with Crippen LogP contribution in [-0.2, 0) is 11.3 Å². The van der Waals surface area contributed by atoms with Crippen molar-refractivity contribution >= 4 is 29.9 Å². The summed E-state index contributed by atoms with van der Waals surface area (Å²) in [6, 6.07) is 4.96. The van der Waals surface area contributed by atoms with Gasteiger partial charge in [0.2, 0.25) is 0 Å². The van der Waals surface area contributed by atoms with Gasteiger partial charge in [0.15, 0.2) is 5.96 Å². The minimum Gasteiger partial charge on any atom is -0.434 e. The van der Waals surface area contributed by atoms with Crippen molar-refractivity contribution in [2.45, 2.75) is 33.0 Å². The highest BCUT2D eigenvalue weighted by molar-refractivity contribution is 14.0. The van der Waals surface area contributed by atoms with Gasteiger partial charge >= 0.3 is 6.61 Å². The first-order valence-electron chi connectivity index (χ1n) is 6.52. The number of guanidine groups is 1. The van der Waals surface area contributed by atoms with Crippen molar-refractivity contribution in [3.63, 3.8) is 0 Å². The molecule has 0 spiro atoms. The van der Waals surface area contributed by atoms with E-state index in [1.165, 1.54) is 6.07 Å². The Morgan fingerprint density at radius 2 is 2.09 bits per heavy atom. The molecule has 1 unspecified atom stereocenters. The van der Waals surface area contributed by atoms with Gasteiger partial charge in [-0.25, -0.2) is 4.99 Å². The molecule has 0 saturated carbocycles. The van der Waals surface area contributed by atoms with Gasteiger partial charge in [-0.15, -0.1) is 24.0 Å². The van der Waals surface area contributed by atoms with Crippen molar-refractivity contribution in [2.75, 3.05) is 13.7 Å². The number of benzene rings is 1. The first kappa shape index (κ1) is 20.8. The predicted octanol–water partition coefficient (Wildman–Crippen LogP) is 2.65. The van der Waals surface area contributed by atoms with Crippen LogP contribution >= 0.6 is 24.0 Å². The molecule has 0 aliphatic heterocycles. The molecule has 0 aromatic heterocycles. The van der Waals surface area contributed by atoms with E-state index in [0.29, 0.717) is 12.2 Å². The molecule has 22 heavy (non-hydrogen) atoms. The molecule has 0 amide bonds. The van der Waals surface area contributed by atoms with E-state index in [2.05, 4.69) is 15.0 Å². The molecule has 1 atom stereocenters. The summed E-state index contributed by atoms with van der Waals surface area (Å²) in [6.07, 6.45) is 0. The Kier molecular flexibility index (Phi) is 9.99. The van der Waals surface area contributed by atoms with Crippen LogP contribution in [0.3, 0.4) is 0 Å². The van der Waals surface area contributed by atoms with Crippen molar-refractivity contribution < 1.29 is 18.3 Å². The summed E-state index contributed by atoms with van der Waals surface area (Å²) in [5.41, 5.74) is 7.22. The molecule has 0 aliphatic rings. The molecule has 0 saturated heterocycles. The second-order valence-electron chi connectivity index (χ2n) is 4.69. The van der Waals surface area contributed by atoms with Crippen LogP contribution in [0.2, 0.25) is 0 Å². The topological polar surface area (TPSA) is 68.9 Å². The molecule has 0 fully saturated rings. The van der Waals surface area contributed by atoms with E-state index in [0.717, 1.165) is 5.56 Å². The highest BCUT2D eigenvalue weighted by atomic mass is 127. The molecule has 1 aromatic rings. The lowest BCUT2D eigenvalue weighted by atomic mass is 10.1. The van der Waals surface area contributed by atoms with Crippen LogP contribution in [0.5, 0.6) is 5.75 Å². The summed E-state index contributed by atoms with van der Waals surface area (Å²) in [5, 5.41) is 2.94. The average Bonchev–Trinajstić information content (AvgIpc) is 2.38. The summed E-state index contributed by atoms with van der Waals surface area (Å²) < 4.78 is 34.1. The Bertz CT molecular complexity index is 487. The lowest BCUT2D eigenvalue weighted by molar-refractivity contribution is -0.0504. The first-order chi connectivity index (χ1) is 9.92. The molecule has 0 radical (unpaired) electrons. The number of rotatable bonds is 7. The van der Waals surface area contributed by atoms with E-state index in [4.69, 9.17) is 10.5 Å². The number of nitrogens with zero attached hydrogens (tertiary/aromatic N) is 1. The van der Waals surface area contributed by atoms with Crippen molar-refractivity contribution in [3.05, 3.63) is 29.3 Å². The Hall–Kier alpha value is -1.16. The fraction of sp³-hybridized carbons (Fsp3) is 0.500. The minimum absolute atomic E-state index is 0. The summed E-state index contributed by atoms with van der Waals surface area (Å²) in [7, 11) is 1.59. The summed E-state index contributed by atoms with van der Waals surface area (Å²) in [5.74, 6) is 0.334. The van der Waals surface area contributed by atoms with Crippen LogP contribution in [0.1, 0.15) is 18.1 Å². The number of methoxy groups -OCH3 is 1. The zero-order valence-corrected chi connectivity index (χ0v) is 15.1. The fourth-order valence-electron chi connectivity index (χ4n) is 1.80. The van der Waals surface area contributed by atoms with E-state index >= 15 is 0 Å². The van der Waals surface area contributed by atoms with Gasteiger partial charge in [-0.05, 0) is 19.9 Å². The number of nitrogens with two attached hydrogens (primary N) is 1. The third kappa shape index (κ3) is 7.74. The normalized spacial score (nSPS) is 12.7. The number of hydrogen-bond acceptors (Lipinski definition) is 3. The van der Waals surface area contributed by atoms with Crippen molar-refractivity contribution in [1.29, 1.82) is 0 Å². The number of hydrogen-bond donors (Lipinski definition) is 2. The molecule has 8 heteroatoms. The SMILES string of the molecule is COCC(C)NC(N)=NCc1cc(C)ccc1OC(F)F.I. The van der Waals surface area contributed by atoms with Crippen molar-refractivity contribution in [3.8, 4) is 5.75 Å². The van der Waals surface area contributed by atoms with Crippen LogP contribution < -0.4 is 15.8 Å². The summed E-state index contributed by atoms with van der Waals surface area (Å²) in [4.78, 5) is 4.13. The number of aryl methyl sites for hydroxylation is 1. The molecule has 126 valence electrons. The van der Waals surface area contributed by atoms with Crippen LogP contribution in [-0.4, -0.2) is 32.3 Å². The molecular weight excluding hydrogens is 407 g/mol. The van der Waals surface area contributed by atoms with Gasteiger partial charge in [-0.3, -0.25) is 0 Å². The van der Waals surface area contributed by atoms with E-state index in [1.54, 1.807) is 19.2 Å². The van der Waals surface area contributed by atoms with Gasteiger partial charge in [-0.1, -0.05) is 17.7 Å². The number of alkyl halides is 2. The maximum absolute atomic E-state index is 12.3. The first-order valence-corrected chi connectivity index (χ1v) is 6.52. The maximum Gasteiger partial charge on any atom is 0.387 e. The Labute approximate surface area is 146 Å². The zero-order valence-electron chi connectivity index (χ0n) is 12.8. The monoisotopic (exact) mass is 429 g/mol. The molecule has 1 rings (SSSR count). The largest absolute Gasteiger partial charge is 0.434 e. The number of nitrogens with one attached hydrogen (secondary N) is 1. The molecule has 0 heterocycles. The summed E-state index contributed by atoms with van der Waals surface area (Å²) >= 11 is 0. The average molecular weight is 429 g/mol. The fourth-order valence-corrected chi connectivity index (χ4v) is 1.80. The van der Waals surface area contributed by atoms with E-state index < -0.39 is 6.61 Å². The van der Waals surface area contributed by atoms with E-state index in [-0.39, 0.29) is 48.3 Å². The molecule has 1 aromatic carbocycles. The van der Waals surface area contributed by atoms with Gasteiger partial charge in [0.1, 0.15) is 5.75 Å². The molecule has 3 N–H and O–H groups in total. The summed E-state index contributed by atoms with van der Waals surface area (Å²) in [6.45, 7) is 1.53. The third-order valence-corrected chi connectivity index (χ3v) is 2.66. The van der Waals surface area contributed by atoms with Gasteiger partial charge in [0.05, 0.1) is 13.2 Å².